The number of hydrogen-bond donors (Lipinski definition) is 1. The Labute approximate surface area is 160 Å². The summed E-state index contributed by atoms with van der Waals surface area (Å²) in [5.41, 5.74) is -0.823. The number of nitrogens with zero attached hydrogens (tertiary/aromatic N) is 2. The van der Waals surface area contributed by atoms with Crippen molar-refractivity contribution in [1.82, 2.24) is 9.47 Å². The molecular formula is C17H19Cl2FN2O4. The second kappa shape index (κ2) is 7.82. The fourth-order valence-electron chi connectivity index (χ4n) is 2.68. The van der Waals surface area contributed by atoms with E-state index in [0.29, 0.717) is 12.1 Å². The molecule has 0 bridgehead atoms. The normalized spacial score (nSPS) is 13.7. The van der Waals surface area contributed by atoms with Crippen LogP contribution in [0.4, 0.5) is 4.39 Å². The van der Waals surface area contributed by atoms with E-state index in [0.717, 1.165) is 18.9 Å². The summed E-state index contributed by atoms with van der Waals surface area (Å²) in [5, 5.41) is 9.19. The molecule has 1 fully saturated rings. The summed E-state index contributed by atoms with van der Waals surface area (Å²) < 4.78 is 21.6. The molecule has 26 heavy (non-hydrogen) atoms. The summed E-state index contributed by atoms with van der Waals surface area (Å²) in [7, 11) is 3.72. The molecule has 0 saturated heterocycles. The Kier molecular flexibility index (Phi) is 6.16. The number of aromatic nitrogens is 1. The highest BCUT2D eigenvalue weighted by molar-refractivity contribution is 6.36. The third-order valence-electron chi connectivity index (χ3n) is 4.12. The molecule has 0 atom stereocenters. The average molecular weight is 405 g/mol. The molecule has 1 heterocycles. The van der Waals surface area contributed by atoms with Gasteiger partial charge in [-0.15, -0.1) is 12.4 Å². The van der Waals surface area contributed by atoms with Crippen molar-refractivity contribution in [1.29, 1.82) is 0 Å². The molecule has 1 aromatic heterocycles. The van der Waals surface area contributed by atoms with Gasteiger partial charge in [0.25, 0.3) is 0 Å². The number of carboxylic acid groups (broad SMARTS) is 1. The van der Waals surface area contributed by atoms with Crippen LogP contribution in [0.5, 0.6) is 5.75 Å². The van der Waals surface area contributed by atoms with Crippen molar-refractivity contribution in [2.24, 2.45) is 0 Å². The van der Waals surface area contributed by atoms with Gasteiger partial charge in [-0.3, -0.25) is 4.79 Å². The van der Waals surface area contributed by atoms with E-state index in [4.69, 9.17) is 16.3 Å². The van der Waals surface area contributed by atoms with Gasteiger partial charge in [0, 0.05) is 18.8 Å². The summed E-state index contributed by atoms with van der Waals surface area (Å²) in [4.78, 5) is 25.6. The Hall–Kier alpha value is -1.83. The maximum atomic E-state index is 14.4. The SMILES string of the molecule is CN(C)CCOc1c(F)cc2c(=O)c(C(=O)O)cn(C3CC3)c2c1Cl.Cl. The van der Waals surface area contributed by atoms with Crippen LogP contribution in [0.1, 0.15) is 29.2 Å². The van der Waals surface area contributed by atoms with Crippen LogP contribution in [-0.2, 0) is 0 Å². The lowest BCUT2D eigenvalue weighted by Gasteiger charge is -2.17. The van der Waals surface area contributed by atoms with Gasteiger partial charge in [-0.1, -0.05) is 11.6 Å². The molecule has 1 N–H and O–H groups in total. The number of ether oxygens (including phenoxy) is 1. The van der Waals surface area contributed by atoms with Crippen molar-refractivity contribution in [2.45, 2.75) is 18.9 Å². The van der Waals surface area contributed by atoms with Gasteiger partial charge >= 0.3 is 5.97 Å². The van der Waals surface area contributed by atoms with E-state index in [1.165, 1.54) is 6.20 Å². The molecule has 0 unspecified atom stereocenters. The highest BCUT2D eigenvalue weighted by Crippen LogP contribution is 2.41. The van der Waals surface area contributed by atoms with Crippen LogP contribution in [0.3, 0.4) is 0 Å². The first-order valence-electron chi connectivity index (χ1n) is 7.89. The molecule has 1 aliphatic carbocycles. The van der Waals surface area contributed by atoms with Crippen LogP contribution in [0, 0.1) is 5.82 Å². The van der Waals surface area contributed by atoms with E-state index < -0.39 is 22.8 Å². The Balaban J connectivity index is 0.00000243. The fourth-order valence-corrected chi connectivity index (χ4v) is 3.02. The number of carboxylic acids is 1. The number of carbonyl (C=O) groups is 1. The van der Waals surface area contributed by atoms with Gasteiger partial charge in [0.05, 0.1) is 10.9 Å². The Morgan fingerprint density at radius 3 is 2.65 bits per heavy atom. The first kappa shape index (κ1) is 20.5. The van der Waals surface area contributed by atoms with Gasteiger partial charge in [-0.2, -0.15) is 0 Å². The van der Waals surface area contributed by atoms with Gasteiger partial charge in [0.2, 0.25) is 5.43 Å². The predicted octanol–water partition coefficient (Wildman–Crippen LogP) is 3.19. The third-order valence-corrected chi connectivity index (χ3v) is 4.47. The summed E-state index contributed by atoms with van der Waals surface area (Å²) in [6.07, 6.45) is 2.99. The Morgan fingerprint density at radius 2 is 2.12 bits per heavy atom. The number of halogens is 3. The molecule has 1 saturated carbocycles. The first-order valence-corrected chi connectivity index (χ1v) is 8.26. The largest absolute Gasteiger partial charge is 0.488 e. The summed E-state index contributed by atoms with van der Waals surface area (Å²) >= 11 is 6.36. The van der Waals surface area contributed by atoms with E-state index in [9.17, 15) is 19.1 Å². The average Bonchev–Trinajstić information content (AvgIpc) is 3.35. The summed E-state index contributed by atoms with van der Waals surface area (Å²) in [6.45, 7) is 0.803. The van der Waals surface area contributed by atoms with E-state index >= 15 is 0 Å². The highest BCUT2D eigenvalue weighted by atomic mass is 35.5. The first-order chi connectivity index (χ1) is 11.8. The number of fused-ring (bicyclic) bond motifs is 1. The van der Waals surface area contributed by atoms with Crippen molar-refractivity contribution in [2.75, 3.05) is 27.2 Å². The van der Waals surface area contributed by atoms with Crippen LogP contribution >= 0.6 is 24.0 Å². The van der Waals surface area contributed by atoms with Gasteiger partial charge in [0.15, 0.2) is 11.6 Å². The molecule has 3 rings (SSSR count). The van der Waals surface area contributed by atoms with Gasteiger partial charge in [-0.05, 0) is 33.0 Å². The summed E-state index contributed by atoms with van der Waals surface area (Å²) in [5.74, 6) is -2.24. The molecule has 2 aromatic rings. The van der Waals surface area contributed by atoms with Crippen molar-refractivity contribution in [3.8, 4) is 5.75 Å². The molecule has 142 valence electrons. The molecule has 1 aliphatic rings. The van der Waals surface area contributed by atoms with E-state index in [-0.39, 0.29) is 41.2 Å². The zero-order chi connectivity index (χ0) is 18.3. The Morgan fingerprint density at radius 1 is 1.46 bits per heavy atom. The molecule has 0 aliphatic heterocycles. The fraction of sp³-hybridized carbons (Fsp3) is 0.412. The van der Waals surface area contributed by atoms with E-state index in [1.807, 2.05) is 19.0 Å². The monoisotopic (exact) mass is 404 g/mol. The highest BCUT2D eigenvalue weighted by Gasteiger charge is 2.29. The van der Waals surface area contributed by atoms with Crippen LogP contribution < -0.4 is 10.2 Å². The minimum atomic E-state index is -1.34. The molecule has 1 aromatic carbocycles. The second-order valence-electron chi connectivity index (χ2n) is 6.36. The smallest absolute Gasteiger partial charge is 0.341 e. The zero-order valence-corrected chi connectivity index (χ0v) is 15.9. The van der Waals surface area contributed by atoms with E-state index in [2.05, 4.69) is 0 Å². The zero-order valence-electron chi connectivity index (χ0n) is 14.3. The van der Waals surface area contributed by atoms with Crippen molar-refractivity contribution in [3.05, 3.63) is 38.9 Å². The molecule has 9 heteroatoms. The van der Waals surface area contributed by atoms with Crippen molar-refractivity contribution < 1.29 is 19.0 Å². The summed E-state index contributed by atoms with van der Waals surface area (Å²) in [6, 6.07) is 1.07. The van der Waals surface area contributed by atoms with Gasteiger partial charge in [0.1, 0.15) is 17.2 Å². The lowest BCUT2D eigenvalue weighted by molar-refractivity contribution is 0.0695. The quantitative estimate of drug-likeness (QED) is 0.800. The number of aromatic carboxylic acids is 1. The predicted molar refractivity (Wildman–Crippen MR) is 99.7 cm³/mol. The van der Waals surface area contributed by atoms with E-state index in [1.54, 1.807) is 4.57 Å². The van der Waals surface area contributed by atoms with Crippen LogP contribution in [0.15, 0.2) is 17.1 Å². The molecular weight excluding hydrogens is 386 g/mol. The minimum Gasteiger partial charge on any atom is -0.488 e. The molecule has 0 amide bonds. The lowest BCUT2D eigenvalue weighted by atomic mass is 10.1. The number of hydrogen-bond acceptors (Lipinski definition) is 4. The minimum absolute atomic E-state index is 0. The number of pyridine rings is 1. The number of benzene rings is 1. The second-order valence-corrected chi connectivity index (χ2v) is 6.74. The van der Waals surface area contributed by atoms with Crippen LogP contribution in [0.25, 0.3) is 10.9 Å². The lowest BCUT2D eigenvalue weighted by Crippen LogP contribution is -2.21. The van der Waals surface area contributed by atoms with Crippen LogP contribution in [-0.4, -0.2) is 47.8 Å². The van der Waals surface area contributed by atoms with Gasteiger partial charge in [-0.25, -0.2) is 9.18 Å². The maximum Gasteiger partial charge on any atom is 0.341 e. The maximum absolute atomic E-state index is 14.4. The third kappa shape index (κ3) is 3.79. The number of likely N-dealkylation sites (N-methyl/N-ethyl adjacent to an activating group) is 1. The van der Waals surface area contributed by atoms with Gasteiger partial charge < -0.3 is 19.3 Å². The number of rotatable bonds is 6. The topological polar surface area (TPSA) is 71.8 Å². The molecule has 0 spiro atoms. The Bertz CT molecular complexity index is 910. The van der Waals surface area contributed by atoms with Crippen molar-refractivity contribution >= 4 is 40.9 Å². The van der Waals surface area contributed by atoms with Crippen LogP contribution in [0.2, 0.25) is 5.02 Å². The standard InChI is InChI=1S/C17H18ClFN2O4.ClH/c1-20(2)5-6-25-16-12(19)7-10-14(13(16)18)21(9-3-4-9)8-11(15(10)22)17(23)24;/h7-9H,3-6H2,1-2H3,(H,23,24);1H. The molecule has 0 radical (unpaired) electrons. The van der Waals surface area contributed by atoms with Crippen molar-refractivity contribution in [3.63, 3.8) is 0 Å². The molecule has 6 nitrogen and oxygen atoms in total.